The van der Waals surface area contributed by atoms with Gasteiger partial charge in [-0.25, -0.2) is 13.2 Å². The first-order valence-corrected chi connectivity index (χ1v) is 5.87. The first-order chi connectivity index (χ1) is 10.3. The fraction of sp³-hybridized carbons (Fsp3) is 0.0714. The molecule has 0 aliphatic carbocycles. The van der Waals surface area contributed by atoms with Gasteiger partial charge in [-0.2, -0.15) is 8.78 Å². The molecule has 1 N–H and O–H groups in total. The lowest BCUT2D eigenvalue weighted by Crippen LogP contribution is -2.40. The van der Waals surface area contributed by atoms with Crippen LogP contribution in [0.5, 0.6) is 5.75 Å². The highest BCUT2D eigenvalue weighted by molar-refractivity contribution is 5.95. The molecule has 8 heteroatoms. The van der Waals surface area contributed by atoms with Crippen LogP contribution in [0.15, 0.2) is 42.5 Å². The van der Waals surface area contributed by atoms with Gasteiger partial charge in [0.15, 0.2) is 0 Å². The predicted octanol–water partition coefficient (Wildman–Crippen LogP) is 3.71. The largest absolute Gasteiger partial charge is 0.482 e. The van der Waals surface area contributed by atoms with Crippen molar-refractivity contribution in [2.45, 2.75) is 6.11 Å². The lowest BCUT2D eigenvalue weighted by molar-refractivity contribution is -0.187. The van der Waals surface area contributed by atoms with Crippen LogP contribution in [0.3, 0.4) is 0 Å². The first-order valence-electron chi connectivity index (χ1n) is 5.87. The Morgan fingerprint density at radius 1 is 0.955 bits per heavy atom. The third kappa shape index (κ3) is 3.72. The summed E-state index contributed by atoms with van der Waals surface area (Å²) in [5.41, 5.74) is -0.631. The van der Waals surface area contributed by atoms with E-state index in [9.17, 15) is 26.7 Å². The Morgan fingerprint density at radius 2 is 1.55 bits per heavy atom. The van der Waals surface area contributed by atoms with Crippen molar-refractivity contribution in [1.29, 1.82) is 0 Å². The van der Waals surface area contributed by atoms with Crippen LogP contribution in [0.1, 0.15) is 0 Å². The van der Waals surface area contributed by atoms with Crippen LogP contribution in [-0.4, -0.2) is 12.0 Å². The number of nitrogens with one attached hydrogen (secondary N) is 1. The number of halogens is 5. The number of alkyl halides is 2. The van der Waals surface area contributed by atoms with Gasteiger partial charge in [-0.05, 0) is 36.4 Å². The van der Waals surface area contributed by atoms with Gasteiger partial charge in [-0.3, -0.25) is 4.79 Å². The number of anilines is 1. The fourth-order valence-corrected chi connectivity index (χ4v) is 1.48. The second-order valence-electron chi connectivity index (χ2n) is 4.15. The fourth-order valence-electron chi connectivity index (χ4n) is 1.48. The van der Waals surface area contributed by atoms with E-state index >= 15 is 0 Å². The van der Waals surface area contributed by atoms with E-state index in [4.69, 9.17) is 0 Å². The molecule has 0 bridgehead atoms. The van der Waals surface area contributed by atoms with Crippen molar-refractivity contribution < 1.29 is 31.5 Å². The lowest BCUT2D eigenvalue weighted by Gasteiger charge is -2.17. The molecule has 3 nitrogen and oxygen atoms in total. The summed E-state index contributed by atoms with van der Waals surface area (Å²) in [6.07, 6.45) is -4.33. The Bertz CT molecular complexity index is 688. The highest BCUT2D eigenvalue weighted by Crippen LogP contribution is 2.24. The molecule has 0 heterocycles. The van der Waals surface area contributed by atoms with E-state index in [-0.39, 0.29) is 0 Å². The molecule has 0 spiro atoms. The number of benzene rings is 2. The molecule has 2 aromatic carbocycles. The minimum absolute atomic E-state index is 0.425. The molecular formula is C14H8F5NO2. The quantitative estimate of drug-likeness (QED) is 0.873. The number of hydrogen-bond acceptors (Lipinski definition) is 2. The van der Waals surface area contributed by atoms with Crippen LogP contribution in [-0.2, 0) is 4.79 Å². The zero-order valence-electron chi connectivity index (χ0n) is 10.7. The second kappa shape index (κ2) is 6.00. The Hall–Kier alpha value is -2.64. The zero-order valence-corrected chi connectivity index (χ0v) is 10.7. The maximum atomic E-state index is 13.6. The minimum Gasteiger partial charge on any atom is -0.425 e. The summed E-state index contributed by atoms with van der Waals surface area (Å²) in [5, 5.41) is 1.58. The van der Waals surface area contributed by atoms with Crippen LogP contribution in [0.25, 0.3) is 0 Å². The van der Waals surface area contributed by atoms with Crippen molar-refractivity contribution in [2.24, 2.45) is 0 Å². The number of carbonyl (C=O) groups is 1. The van der Waals surface area contributed by atoms with Gasteiger partial charge in [0.1, 0.15) is 23.2 Å². The molecule has 0 atom stereocenters. The molecule has 0 fully saturated rings. The number of amides is 1. The SMILES string of the molecule is O=C(Nc1ccc(F)cc1F)C(F)(F)Oc1ccc(F)cc1. The maximum Gasteiger partial charge on any atom is 0.482 e. The van der Waals surface area contributed by atoms with Gasteiger partial charge in [-0.15, -0.1) is 0 Å². The number of hydrogen-bond donors (Lipinski definition) is 1. The molecule has 0 saturated heterocycles. The average molecular weight is 317 g/mol. The first kappa shape index (κ1) is 15.7. The summed E-state index contributed by atoms with van der Waals surface area (Å²) in [4.78, 5) is 11.4. The topological polar surface area (TPSA) is 38.3 Å². The zero-order chi connectivity index (χ0) is 16.3. The van der Waals surface area contributed by atoms with Crippen molar-refractivity contribution in [2.75, 3.05) is 5.32 Å². The summed E-state index contributed by atoms with van der Waals surface area (Å²) < 4.78 is 69.9. The van der Waals surface area contributed by atoms with Gasteiger partial charge in [0, 0.05) is 6.07 Å². The van der Waals surface area contributed by atoms with E-state index in [1.54, 1.807) is 5.32 Å². The van der Waals surface area contributed by atoms with Crippen LogP contribution in [0.4, 0.5) is 27.6 Å². The molecule has 2 aromatic rings. The smallest absolute Gasteiger partial charge is 0.425 e. The normalized spacial score (nSPS) is 11.1. The third-order valence-electron chi connectivity index (χ3n) is 2.50. The van der Waals surface area contributed by atoms with Gasteiger partial charge < -0.3 is 10.1 Å². The maximum absolute atomic E-state index is 13.6. The molecule has 116 valence electrons. The van der Waals surface area contributed by atoms with E-state index in [1.807, 2.05) is 0 Å². The molecule has 0 aliphatic heterocycles. The van der Waals surface area contributed by atoms with Crippen molar-refractivity contribution in [3.05, 3.63) is 59.9 Å². The summed E-state index contributed by atoms with van der Waals surface area (Å²) >= 11 is 0. The number of carbonyl (C=O) groups excluding carboxylic acids is 1. The lowest BCUT2D eigenvalue weighted by atomic mass is 10.3. The molecule has 0 aliphatic rings. The molecular weight excluding hydrogens is 309 g/mol. The van der Waals surface area contributed by atoms with Crippen LogP contribution in [0.2, 0.25) is 0 Å². The molecule has 0 aromatic heterocycles. The number of rotatable bonds is 4. The summed E-state index contributed by atoms with van der Waals surface area (Å²) in [7, 11) is 0. The molecule has 2 rings (SSSR count). The minimum atomic E-state index is -4.33. The molecule has 0 radical (unpaired) electrons. The van der Waals surface area contributed by atoms with Gasteiger partial charge in [0.25, 0.3) is 0 Å². The highest BCUT2D eigenvalue weighted by atomic mass is 19.3. The van der Waals surface area contributed by atoms with Gasteiger partial charge >= 0.3 is 12.0 Å². The van der Waals surface area contributed by atoms with E-state index in [0.717, 1.165) is 36.4 Å². The molecule has 0 unspecified atom stereocenters. The molecule has 22 heavy (non-hydrogen) atoms. The monoisotopic (exact) mass is 317 g/mol. The summed E-state index contributed by atoms with van der Waals surface area (Å²) in [6.45, 7) is 0. The van der Waals surface area contributed by atoms with E-state index in [0.29, 0.717) is 6.07 Å². The Morgan fingerprint density at radius 3 is 2.14 bits per heavy atom. The standard InChI is InChI=1S/C14H8F5NO2/c15-8-1-4-10(5-2-8)22-14(18,19)13(21)20-12-6-3-9(16)7-11(12)17/h1-7H,(H,20,21). The van der Waals surface area contributed by atoms with Gasteiger partial charge in [0.05, 0.1) is 5.69 Å². The van der Waals surface area contributed by atoms with E-state index < -0.39 is 40.9 Å². The predicted molar refractivity (Wildman–Crippen MR) is 67.0 cm³/mol. The third-order valence-corrected chi connectivity index (χ3v) is 2.50. The summed E-state index contributed by atoms with van der Waals surface area (Å²) in [5.74, 6) is -5.23. The van der Waals surface area contributed by atoms with Crippen molar-refractivity contribution >= 4 is 11.6 Å². The Kier molecular flexibility index (Phi) is 4.30. The van der Waals surface area contributed by atoms with Gasteiger partial charge in [-0.1, -0.05) is 0 Å². The van der Waals surface area contributed by atoms with Crippen LogP contribution in [0, 0.1) is 17.5 Å². The number of ether oxygens (including phenoxy) is 1. The van der Waals surface area contributed by atoms with Gasteiger partial charge in [0.2, 0.25) is 0 Å². The van der Waals surface area contributed by atoms with Crippen LogP contribution < -0.4 is 10.1 Å². The molecule has 0 saturated carbocycles. The van der Waals surface area contributed by atoms with Crippen LogP contribution >= 0.6 is 0 Å². The van der Waals surface area contributed by atoms with Crippen molar-refractivity contribution in [1.82, 2.24) is 0 Å². The van der Waals surface area contributed by atoms with Crippen molar-refractivity contribution in [3.8, 4) is 5.75 Å². The average Bonchev–Trinajstić information content (AvgIpc) is 2.44. The summed E-state index contributed by atoms with van der Waals surface area (Å²) in [6, 6.07) is 5.53. The van der Waals surface area contributed by atoms with Crippen molar-refractivity contribution in [3.63, 3.8) is 0 Å². The highest BCUT2D eigenvalue weighted by Gasteiger charge is 2.42. The molecule has 1 amide bonds. The Balaban J connectivity index is 2.11. The van der Waals surface area contributed by atoms with E-state index in [2.05, 4.69) is 4.74 Å². The van der Waals surface area contributed by atoms with E-state index in [1.165, 1.54) is 0 Å². The second-order valence-corrected chi connectivity index (χ2v) is 4.15. The Labute approximate surface area is 121 Å².